The maximum absolute atomic E-state index is 14.4. The highest BCUT2D eigenvalue weighted by atomic mass is 32.1. The van der Waals surface area contributed by atoms with E-state index in [1.54, 1.807) is 88.4 Å². The van der Waals surface area contributed by atoms with E-state index in [-0.39, 0.29) is 81.6 Å². The van der Waals surface area contributed by atoms with Gasteiger partial charge in [0, 0.05) is 31.7 Å². The van der Waals surface area contributed by atoms with Crippen LogP contribution in [-0.2, 0) is 51.2 Å². The fourth-order valence-electron chi connectivity index (χ4n) is 7.05. The second kappa shape index (κ2) is 32.1. The standard InChI is InChI=1S/C47H74N14O10S/c1-26(2)21-33(41(66)60-36(24-62)43(68)59-35(45(70)71)23-29-15-9-6-10-16-29)57-42(67)34(22-28-13-7-5-8-14-28)58-39(64)31(17-11-19-53-46(49)50)56-44(69)37(27(3)4)61-40(65)32(18-12-20-54-47(51)52)55-38(63)30(48)25-72/h5-10,13-16,26-27,30-37,62,72H,11-12,17-25,48H2,1-4H3,(H,55,63)(H,56,69)(H,57,67)(H,58,64)(H,59,68)(H,60,66)(H,61,65)(H,70,71)(H4,49,50,53)(H4,51,52,54)/t30-,31-,32-,33-,34-,35-,36-,37-/m0/s1. The van der Waals surface area contributed by atoms with Crippen LogP contribution in [0.25, 0.3) is 0 Å². The molecule has 0 spiro atoms. The molecule has 2 aromatic carbocycles. The number of thiol groups is 1. The minimum Gasteiger partial charge on any atom is -0.480 e. The molecule has 0 radical (unpaired) electrons. The van der Waals surface area contributed by atoms with Gasteiger partial charge in [-0.25, -0.2) is 4.79 Å². The number of nitrogens with zero attached hydrogens (tertiary/aromatic N) is 2. The van der Waals surface area contributed by atoms with Crippen molar-refractivity contribution in [2.45, 2.75) is 121 Å². The fourth-order valence-corrected chi connectivity index (χ4v) is 7.22. The Morgan fingerprint density at radius 2 is 0.931 bits per heavy atom. The van der Waals surface area contributed by atoms with Gasteiger partial charge in [-0.15, -0.1) is 0 Å². The lowest BCUT2D eigenvalue weighted by molar-refractivity contribution is -0.142. The summed E-state index contributed by atoms with van der Waals surface area (Å²) in [6.07, 6.45) is 0.270. The second-order valence-electron chi connectivity index (χ2n) is 17.8. The fraction of sp³-hybridized carbons (Fsp3) is 0.532. The van der Waals surface area contributed by atoms with Gasteiger partial charge in [-0.1, -0.05) is 88.4 Å². The van der Waals surface area contributed by atoms with E-state index < -0.39 is 108 Å². The molecule has 72 heavy (non-hydrogen) atoms. The lowest BCUT2D eigenvalue weighted by Gasteiger charge is -2.29. The molecule has 24 nitrogen and oxygen atoms in total. The molecule has 19 N–H and O–H groups in total. The van der Waals surface area contributed by atoms with Crippen molar-refractivity contribution in [3.05, 3.63) is 71.8 Å². The Morgan fingerprint density at radius 1 is 0.542 bits per heavy atom. The third kappa shape index (κ3) is 22.8. The Kier molecular flexibility index (Phi) is 27.2. The van der Waals surface area contributed by atoms with E-state index in [9.17, 15) is 48.6 Å². The molecule has 0 saturated heterocycles. The van der Waals surface area contributed by atoms with Crippen LogP contribution >= 0.6 is 12.6 Å². The summed E-state index contributed by atoms with van der Waals surface area (Å²) in [4.78, 5) is 117. The number of aliphatic hydroxyl groups is 1. The van der Waals surface area contributed by atoms with E-state index in [4.69, 9.17) is 28.7 Å². The van der Waals surface area contributed by atoms with Crippen molar-refractivity contribution in [1.82, 2.24) is 37.2 Å². The first-order valence-corrected chi connectivity index (χ1v) is 24.2. The number of guanidine groups is 2. The van der Waals surface area contributed by atoms with Crippen LogP contribution in [0.3, 0.4) is 0 Å². The van der Waals surface area contributed by atoms with Gasteiger partial charge in [0.15, 0.2) is 11.9 Å². The molecule has 8 atom stereocenters. The molecule has 0 aliphatic heterocycles. The normalized spacial score (nSPS) is 14.3. The lowest BCUT2D eigenvalue weighted by atomic mass is 9.99. The van der Waals surface area contributed by atoms with Crippen molar-refractivity contribution in [2.24, 2.45) is 50.5 Å². The first-order valence-electron chi connectivity index (χ1n) is 23.6. The highest BCUT2D eigenvalue weighted by molar-refractivity contribution is 7.80. The van der Waals surface area contributed by atoms with Crippen molar-refractivity contribution < 1.29 is 48.6 Å². The summed E-state index contributed by atoms with van der Waals surface area (Å²) in [5, 5.41) is 38.2. The number of hydrogen-bond donors (Lipinski definition) is 15. The number of carboxylic acids is 1. The van der Waals surface area contributed by atoms with Gasteiger partial charge in [0.2, 0.25) is 41.4 Å². The number of amides is 7. The van der Waals surface area contributed by atoms with Gasteiger partial charge in [0.1, 0.15) is 42.3 Å². The molecule has 2 aromatic rings. The van der Waals surface area contributed by atoms with Crippen molar-refractivity contribution in [1.29, 1.82) is 0 Å². The number of carbonyl (C=O) groups is 8. The van der Waals surface area contributed by atoms with E-state index >= 15 is 0 Å². The predicted molar refractivity (Wildman–Crippen MR) is 274 cm³/mol. The maximum atomic E-state index is 14.4. The molecular formula is C47H74N14O10S. The number of nitrogens with one attached hydrogen (secondary N) is 7. The molecule has 25 heteroatoms. The van der Waals surface area contributed by atoms with Crippen LogP contribution in [-0.4, -0.2) is 143 Å². The molecule has 0 aliphatic carbocycles. The van der Waals surface area contributed by atoms with Gasteiger partial charge in [-0.2, -0.15) is 12.6 Å². The molecule has 0 bridgehead atoms. The summed E-state index contributed by atoms with van der Waals surface area (Å²) in [7, 11) is 0. The predicted octanol–water partition coefficient (Wildman–Crippen LogP) is -2.99. The average molecular weight is 1030 g/mol. The highest BCUT2D eigenvalue weighted by Crippen LogP contribution is 2.12. The van der Waals surface area contributed by atoms with Crippen LogP contribution in [0.4, 0.5) is 0 Å². The van der Waals surface area contributed by atoms with E-state index in [0.717, 1.165) is 0 Å². The van der Waals surface area contributed by atoms with Crippen LogP contribution in [0, 0.1) is 11.8 Å². The molecule has 0 aromatic heterocycles. The first kappa shape index (κ1) is 61.1. The van der Waals surface area contributed by atoms with Crippen LogP contribution in [0.1, 0.15) is 70.9 Å². The zero-order valence-corrected chi connectivity index (χ0v) is 42.1. The van der Waals surface area contributed by atoms with E-state index in [2.05, 4.69) is 59.8 Å². The average Bonchev–Trinajstić information content (AvgIpc) is 3.33. The number of aliphatic carboxylic acids is 1. The number of hydrogen-bond acceptors (Lipinski definition) is 13. The second-order valence-corrected chi connectivity index (χ2v) is 18.2. The summed E-state index contributed by atoms with van der Waals surface area (Å²) in [6, 6.07) is 6.60. The van der Waals surface area contributed by atoms with Crippen LogP contribution < -0.4 is 65.9 Å². The molecule has 0 saturated carbocycles. The number of rotatable bonds is 32. The SMILES string of the molecule is CC(C)C[C@H](NC(=O)[C@H](Cc1ccccc1)NC(=O)[C@H](CCCN=C(N)N)NC(=O)[C@@H](NC(=O)[C@H](CCCN=C(N)N)NC(=O)[C@@H](N)CS)C(C)C)C(=O)N[C@@H](CO)C(=O)N[C@@H](Cc1ccccc1)C(=O)O. The summed E-state index contributed by atoms with van der Waals surface area (Å²) < 4.78 is 0. The summed E-state index contributed by atoms with van der Waals surface area (Å²) in [5.74, 6) is -8.21. The zero-order valence-electron chi connectivity index (χ0n) is 41.2. The summed E-state index contributed by atoms with van der Waals surface area (Å²) in [6.45, 7) is 6.14. The van der Waals surface area contributed by atoms with Gasteiger partial charge in [-0.3, -0.25) is 43.5 Å². The molecule has 7 amide bonds. The Bertz CT molecular complexity index is 2140. The van der Waals surface area contributed by atoms with Gasteiger partial charge < -0.3 is 76.1 Å². The summed E-state index contributed by atoms with van der Waals surface area (Å²) in [5.41, 5.74) is 29.0. The smallest absolute Gasteiger partial charge is 0.326 e. The Morgan fingerprint density at radius 3 is 1.38 bits per heavy atom. The monoisotopic (exact) mass is 1030 g/mol. The van der Waals surface area contributed by atoms with Crippen LogP contribution in [0.5, 0.6) is 0 Å². The topological polar surface area (TPSA) is 416 Å². The Labute approximate surface area is 425 Å². The molecule has 398 valence electrons. The van der Waals surface area contributed by atoms with Crippen molar-refractivity contribution in [2.75, 3.05) is 25.4 Å². The van der Waals surface area contributed by atoms with Crippen molar-refractivity contribution >= 4 is 71.9 Å². The van der Waals surface area contributed by atoms with E-state index in [1.807, 2.05) is 0 Å². The van der Waals surface area contributed by atoms with Gasteiger partial charge in [0.25, 0.3) is 0 Å². The minimum atomic E-state index is -1.61. The zero-order chi connectivity index (χ0) is 53.9. The summed E-state index contributed by atoms with van der Waals surface area (Å²) >= 11 is 4.06. The number of aliphatic hydroxyl groups excluding tert-OH is 1. The van der Waals surface area contributed by atoms with E-state index in [0.29, 0.717) is 11.1 Å². The van der Waals surface area contributed by atoms with Gasteiger partial charge >= 0.3 is 5.97 Å². The number of carbonyl (C=O) groups excluding carboxylic acids is 7. The van der Waals surface area contributed by atoms with Crippen molar-refractivity contribution in [3.8, 4) is 0 Å². The molecule has 0 unspecified atom stereocenters. The van der Waals surface area contributed by atoms with Gasteiger partial charge in [0.05, 0.1) is 12.6 Å². The minimum absolute atomic E-state index is 0.0151. The number of carboxylic acid groups (broad SMARTS) is 1. The van der Waals surface area contributed by atoms with Crippen LogP contribution in [0.2, 0.25) is 0 Å². The largest absolute Gasteiger partial charge is 0.480 e. The maximum Gasteiger partial charge on any atom is 0.326 e. The molecule has 0 heterocycles. The Balaban J connectivity index is 2.44. The molecule has 0 aliphatic rings. The van der Waals surface area contributed by atoms with Crippen LogP contribution in [0.15, 0.2) is 70.6 Å². The quantitative estimate of drug-likeness (QED) is 0.0150. The number of nitrogens with two attached hydrogens (primary N) is 5. The third-order valence-corrected chi connectivity index (χ3v) is 11.3. The first-order chi connectivity index (χ1) is 34.1. The van der Waals surface area contributed by atoms with Gasteiger partial charge in [-0.05, 0) is 55.1 Å². The number of benzene rings is 2. The molecule has 0 fully saturated rings. The number of aliphatic imine (C=N–C) groups is 2. The molecule has 2 rings (SSSR count). The highest BCUT2D eigenvalue weighted by Gasteiger charge is 2.35. The molecular weight excluding hydrogens is 953 g/mol. The van der Waals surface area contributed by atoms with Crippen molar-refractivity contribution in [3.63, 3.8) is 0 Å². The van der Waals surface area contributed by atoms with E-state index in [1.165, 1.54) is 0 Å². The Hall–Kier alpha value is -6.99. The third-order valence-electron chi connectivity index (χ3n) is 10.9. The lowest BCUT2D eigenvalue weighted by Crippen LogP contribution is -2.61.